The quantitative estimate of drug-likeness (QED) is 0.350. The van der Waals surface area contributed by atoms with Gasteiger partial charge in [0.2, 0.25) is 5.95 Å². The van der Waals surface area contributed by atoms with E-state index in [2.05, 4.69) is 57.4 Å². The number of rotatable bonds is 4. The predicted octanol–water partition coefficient (Wildman–Crippen LogP) is 4.94. The van der Waals surface area contributed by atoms with Crippen molar-refractivity contribution in [3.05, 3.63) is 42.4 Å². The highest BCUT2D eigenvalue weighted by atomic mass is 32.2. The van der Waals surface area contributed by atoms with Gasteiger partial charge in [-0.3, -0.25) is 5.01 Å². The smallest absolute Gasteiger partial charge is 0.225 e. The zero-order valence-electron chi connectivity index (χ0n) is 24.1. The van der Waals surface area contributed by atoms with E-state index in [1.54, 1.807) is 17.4 Å². The molecule has 1 aromatic heterocycles. The molecule has 0 amide bonds. The molecule has 2 aromatic rings. The average Bonchev–Trinajstić information content (AvgIpc) is 2.95. The van der Waals surface area contributed by atoms with Crippen molar-refractivity contribution in [2.45, 2.75) is 64.4 Å². The van der Waals surface area contributed by atoms with Crippen LogP contribution < -0.4 is 31.1 Å². The van der Waals surface area contributed by atoms with Crippen LogP contribution >= 0.6 is 10.7 Å². The normalized spacial score (nSPS) is 26.1. The second kappa shape index (κ2) is 12.8. The van der Waals surface area contributed by atoms with Crippen LogP contribution in [0.25, 0.3) is 5.70 Å². The van der Waals surface area contributed by atoms with Crippen molar-refractivity contribution < 1.29 is 4.74 Å². The second-order valence-corrected chi connectivity index (χ2v) is 13.2. The zero-order chi connectivity index (χ0) is 28.1. The van der Waals surface area contributed by atoms with E-state index in [1.807, 2.05) is 6.07 Å². The third-order valence-corrected chi connectivity index (χ3v) is 9.78. The maximum Gasteiger partial charge on any atom is 0.225 e. The molecule has 6 rings (SSSR count). The molecule has 0 radical (unpaired) electrons. The van der Waals surface area contributed by atoms with Gasteiger partial charge in [0.15, 0.2) is 0 Å². The Labute approximate surface area is 242 Å². The Balaban J connectivity index is 1.49. The Morgan fingerprint density at radius 1 is 1.12 bits per heavy atom. The highest BCUT2D eigenvalue weighted by Crippen LogP contribution is 2.37. The minimum absolute atomic E-state index is 0.102. The molecule has 2 fully saturated rings. The average molecular weight is 567 g/mol. The molecular weight excluding hydrogens is 520 g/mol. The molecule has 0 saturated carbocycles. The number of benzene rings is 1. The van der Waals surface area contributed by atoms with E-state index in [4.69, 9.17) is 21.3 Å². The number of nitrogens with zero attached hydrogens (tertiary/aromatic N) is 5. The van der Waals surface area contributed by atoms with Gasteiger partial charge in [-0.15, -0.1) is 10.7 Å². The van der Waals surface area contributed by atoms with Crippen LogP contribution in [0, 0.1) is 5.92 Å². The number of aromatic nitrogens is 2. The fourth-order valence-electron chi connectivity index (χ4n) is 6.01. The minimum Gasteiger partial charge on any atom is -0.396 e. The van der Waals surface area contributed by atoms with Crippen molar-refractivity contribution >= 4 is 45.2 Å². The SMILES string of the molecule is C=S(CCC)Nc1ccc2c(c1)N1CCC(C)(CC1)OCCCC1CCCN(C1)c1nccc(n1)/C(N)=C/N2N. The standard InChI is InChI=1S/C30H46N8OS/c1-4-19-40(3)35-24-9-10-27-28(20-24)36-16-12-30(2,13-17-36)39-18-6-8-23-7-5-15-37(21-23)29-33-14-11-26(34-29)25(31)22-38(27)32/h9-11,14,20,22-23,35H,3-8,12-13,15-19,21,31-32H2,1-2H3/b25-22-. The summed E-state index contributed by atoms with van der Waals surface area (Å²) in [4.78, 5) is 14.2. The van der Waals surface area contributed by atoms with Crippen molar-refractivity contribution in [1.29, 1.82) is 0 Å². The fraction of sp³-hybridized carbons (Fsp3) is 0.567. The summed E-state index contributed by atoms with van der Waals surface area (Å²) in [6.07, 6.45) is 11.2. The van der Waals surface area contributed by atoms with E-state index in [0.717, 1.165) is 100 Å². The zero-order valence-corrected chi connectivity index (χ0v) is 25.0. The third kappa shape index (κ3) is 6.90. The Hall–Kier alpha value is -2.82. The van der Waals surface area contributed by atoms with Crippen LogP contribution in [0.1, 0.15) is 64.5 Å². The number of hydrogen-bond donors (Lipinski definition) is 3. The number of nitrogens with one attached hydrogen (secondary N) is 1. The van der Waals surface area contributed by atoms with Crippen LogP contribution in [0.4, 0.5) is 23.0 Å². The third-order valence-electron chi connectivity index (χ3n) is 8.35. The first kappa shape index (κ1) is 28.7. The van der Waals surface area contributed by atoms with Crippen LogP contribution in [0.3, 0.4) is 0 Å². The van der Waals surface area contributed by atoms with Gasteiger partial charge in [-0.2, -0.15) is 0 Å². The van der Waals surface area contributed by atoms with Crippen molar-refractivity contribution in [3.63, 3.8) is 0 Å². The Kier molecular flexibility index (Phi) is 9.17. The highest BCUT2D eigenvalue weighted by molar-refractivity contribution is 8.15. The van der Waals surface area contributed by atoms with Crippen LogP contribution in [-0.4, -0.2) is 60.0 Å². The summed E-state index contributed by atoms with van der Waals surface area (Å²) in [5, 5.41) is 1.63. The summed E-state index contributed by atoms with van der Waals surface area (Å²) in [5.41, 5.74) is 10.7. The summed E-state index contributed by atoms with van der Waals surface area (Å²) in [7, 11) is -0.137. The number of nitrogens with two attached hydrogens (primary N) is 2. The van der Waals surface area contributed by atoms with Crippen molar-refractivity contribution in [3.8, 4) is 0 Å². The van der Waals surface area contributed by atoms with Crippen molar-refractivity contribution in [1.82, 2.24) is 9.97 Å². The van der Waals surface area contributed by atoms with Gasteiger partial charge >= 0.3 is 0 Å². The lowest BCUT2D eigenvalue weighted by Crippen LogP contribution is -2.45. The van der Waals surface area contributed by atoms with Crippen LogP contribution in [0.2, 0.25) is 0 Å². The molecule has 2 saturated heterocycles. The number of piperidine rings is 2. The molecule has 2 unspecified atom stereocenters. The molecule has 4 aliphatic rings. The number of fused-ring (bicyclic) bond motifs is 6. The minimum atomic E-state index is -0.137. The molecule has 4 aliphatic heterocycles. The molecule has 5 N–H and O–H groups in total. The molecule has 0 aliphatic carbocycles. The van der Waals surface area contributed by atoms with Gasteiger partial charge in [0.25, 0.3) is 0 Å². The molecule has 2 atom stereocenters. The number of hydrazine groups is 1. The predicted molar refractivity (Wildman–Crippen MR) is 171 cm³/mol. The lowest BCUT2D eigenvalue weighted by atomic mass is 9.92. The van der Waals surface area contributed by atoms with E-state index in [9.17, 15) is 0 Å². The molecule has 6 bridgehead atoms. The summed E-state index contributed by atoms with van der Waals surface area (Å²) < 4.78 is 10.1. The monoisotopic (exact) mass is 566 g/mol. The Morgan fingerprint density at radius 2 is 1.93 bits per heavy atom. The molecule has 5 heterocycles. The van der Waals surface area contributed by atoms with Crippen LogP contribution in [0.5, 0.6) is 0 Å². The first-order valence-electron chi connectivity index (χ1n) is 14.7. The van der Waals surface area contributed by atoms with Gasteiger partial charge in [-0.1, -0.05) is 12.8 Å². The van der Waals surface area contributed by atoms with Gasteiger partial charge in [0.05, 0.1) is 28.4 Å². The Morgan fingerprint density at radius 3 is 2.73 bits per heavy atom. The molecule has 9 nitrogen and oxygen atoms in total. The number of hydrogen-bond acceptors (Lipinski definition) is 9. The lowest BCUT2D eigenvalue weighted by molar-refractivity contribution is -0.0500. The second-order valence-electron chi connectivity index (χ2n) is 11.6. The molecule has 10 heteroatoms. The van der Waals surface area contributed by atoms with E-state index >= 15 is 0 Å². The van der Waals surface area contributed by atoms with Gasteiger partial charge in [-0.25, -0.2) is 15.8 Å². The summed E-state index contributed by atoms with van der Waals surface area (Å²) in [6, 6.07) is 8.19. The Bertz CT molecular complexity index is 1210. The van der Waals surface area contributed by atoms with E-state index < -0.39 is 0 Å². The maximum atomic E-state index is 6.69. The fourth-order valence-corrected chi connectivity index (χ4v) is 7.06. The van der Waals surface area contributed by atoms with Gasteiger partial charge < -0.3 is 25.0 Å². The van der Waals surface area contributed by atoms with Crippen LogP contribution in [-0.2, 0) is 4.74 Å². The summed E-state index contributed by atoms with van der Waals surface area (Å²) in [5.74, 6) is 13.4. The van der Waals surface area contributed by atoms with E-state index in [1.165, 1.54) is 6.42 Å². The van der Waals surface area contributed by atoms with Crippen molar-refractivity contribution in [2.75, 3.05) is 58.1 Å². The molecule has 218 valence electrons. The van der Waals surface area contributed by atoms with Gasteiger partial charge in [0, 0.05) is 56.6 Å². The number of ether oxygens (including phenoxy) is 1. The van der Waals surface area contributed by atoms with Gasteiger partial charge in [-0.05, 0) is 82.1 Å². The molecule has 1 aromatic carbocycles. The van der Waals surface area contributed by atoms with Gasteiger partial charge in [0.1, 0.15) is 0 Å². The number of anilines is 4. The van der Waals surface area contributed by atoms with Crippen LogP contribution in [0.15, 0.2) is 36.7 Å². The first-order chi connectivity index (χ1) is 19.3. The van der Waals surface area contributed by atoms with Crippen molar-refractivity contribution in [2.24, 2.45) is 17.5 Å². The topological polar surface area (TPSA) is 109 Å². The first-order valence-corrected chi connectivity index (χ1v) is 16.3. The largest absolute Gasteiger partial charge is 0.396 e. The molecule has 0 spiro atoms. The maximum absolute atomic E-state index is 6.69. The summed E-state index contributed by atoms with van der Waals surface area (Å²) >= 11 is 0. The molecular formula is C30H46N8OS. The lowest BCUT2D eigenvalue weighted by Gasteiger charge is -2.41. The van der Waals surface area contributed by atoms with E-state index in [0.29, 0.717) is 17.3 Å². The molecule has 40 heavy (non-hydrogen) atoms. The highest BCUT2D eigenvalue weighted by Gasteiger charge is 2.32. The summed E-state index contributed by atoms with van der Waals surface area (Å²) in [6.45, 7) is 9.01. The van der Waals surface area contributed by atoms with E-state index in [-0.39, 0.29) is 16.3 Å².